The zero-order valence-corrected chi connectivity index (χ0v) is 23.8. The molecule has 0 atom stereocenters. The molecule has 0 saturated heterocycles. The van der Waals surface area contributed by atoms with Crippen molar-refractivity contribution in [3.63, 3.8) is 0 Å². The van der Waals surface area contributed by atoms with Gasteiger partial charge in [0.15, 0.2) is 0 Å². The van der Waals surface area contributed by atoms with Gasteiger partial charge in [-0.05, 0) is 104 Å². The summed E-state index contributed by atoms with van der Waals surface area (Å²) in [6.07, 6.45) is 0. The highest BCUT2D eigenvalue weighted by Gasteiger charge is 2.20. The SMILES string of the molecule is CC(C)c1ccc2cc3c(cc2c1)c1cc(-c2ccc(C#N)cc2)cc2c4cc5cc(C(C)C)ccc5cc4n3c12. The maximum Gasteiger partial charge on any atom is 0.0991 e. The zero-order chi connectivity index (χ0) is 28.0. The molecule has 6 aromatic carbocycles. The topological polar surface area (TPSA) is 28.2 Å². The molecule has 0 radical (unpaired) electrons. The largest absolute Gasteiger partial charge is 0.308 e. The molecule has 8 aromatic rings. The molecule has 8 rings (SSSR count). The van der Waals surface area contributed by atoms with Gasteiger partial charge >= 0.3 is 0 Å². The second-order valence-corrected chi connectivity index (χ2v) is 12.2. The minimum Gasteiger partial charge on any atom is -0.308 e. The van der Waals surface area contributed by atoms with Crippen LogP contribution in [0.2, 0.25) is 0 Å². The number of fused-ring (bicyclic) bond motifs is 8. The van der Waals surface area contributed by atoms with Crippen molar-refractivity contribution in [2.45, 2.75) is 39.5 Å². The summed E-state index contributed by atoms with van der Waals surface area (Å²) in [5.41, 5.74) is 9.50. The molecule has 0 aliphatic rings. The quantitative estimate of drug-likeness (QED) is 0.225. The van der Waals surface area contributed by atoms with Crippen LogP contribution in [0, 0.1) is 11.3 Å². The van der Waals surface area contributed by atoms with Crippen LogP contribution in [0.25, 0.3) is 70.8 Å². The van der Waals surface area contributed by atoms with E-state index in [0.717, 1.165) is 5.56 Å². The van der Waals surface area contributed by atoms with Crippen molar-refractivity contribution in [2.75, 3.05) is 0 Å². The highest BCUT2D eigenvalue weighted by atomic mass is 14.9. The van der Waals surface area contributed by atoms with E-state index in [-0.39, 0.29) is 0 Å². The normalized spacial score (nSPS) is 12.3. The van der Waals surface area contributed by atoms with E-state index in [9.17, 15) is 5.26 Å². The molecule has 2 nitrogen and oxygen atoms in total. The minimum atomic E-state index is 0.487. The summed E-state index contributed by atoms with van der Waals surface area (Å²) in [4.78, 5) is 0. The van der Waals surface area contributed by atoms with Crippen molar-refractivity contribution in [2.24, 2.45) is 0 Å². The molecule has 2 aromatic heterocycles. The highest BCUT2D eigenvalue weighted by Crippen LogP contribution is 2.44. The Morgan fingerprint density at radius 1 is 0.512 bits per heavy atom. The lowest BCUT2D eigenvalue weighted by molar-refractivity contribution is 0.869. The first-order chi connectivity index (χ1) is 19.9. The van der Waals surface area contributed by atoms with Crippen molar-refractivity contribution in [3.05, 3.63) is 114 Å². The van der Waals surface area contributed by atoms with E-state index in [1.165, 1.54) is 76.3 Å². The average Bonchev–Trinajstić information content (AvgIpc) is 3.48. The van der Waals surface area contributed by atoms with Crippen molar-refractivity contribution in [3.8, 4) is 17.2 Å². The molecule has 0 N–H and O–H groups in total. The Balaban J connectivity index is 1.53. The summed E-state index contributed by atoms with van der Waals surface area (Å²) in [6, 6.07) is 38.3. The average molecular weight is 527 g/mol. The Hall–Kier alpha value is -4.87. The van der Waals surface area contributed by atoms with Crippen LogP contribution < -0.4 is 0 Å². The molecule has 0 aliphatic heterocycles. The summed E-state index contributed by atoms with van der Waals surface area (Å²) in [5.74, 6) is 0.975. The van der Waals surface area contributed by atoms with Gasteiger partial charge in [-0.3, -0.25) is 0 Å². The maximum atomic E-state index is 9.36. The van der Waals surface area contributed by atoms with E-state index >= 15 is 0 Å². The van der Waals surface area contributed by atoms with E-state index in [0.29, 0.717) is 17.4 Å². The Morgan fingerprint density at radius 2 is 1.02 bits per heavy atom. The monoisotopic (exact) mass is 526 g/mol. The van der Waals surface area contributed by atoms with Gasteiger partial charge in [-0.15, -0.1) is 0 Å². The molecule has 2 heteroatoms. The summed E-state index contributed by atoms with van der Waals surface area (Å²) in [5, 5.41) is 19.6. The Labute approximate surface area is 239 Å². The molecule has 0 saturated carbocycles. The van der Waals surface area contributed by atoms with Crippen LogP contribution in [0.5, 0.6) is 0 Å². The second kappa shape index (κ2) is 8.56. The molecule has 0 unspecified atom stereocenters. The van der Waals surface area contributed by atoms with Gasteiger partial charge < -0.3 is 4.40 Å². The summed E-state index contributed by atoms with van der Waals surface area (Å²) >= 11 is 0. The third-order valence-corrected chi connectivity index (χ3v) is 9.03. The van der Waals surface area contributed by atoms with Crippen LogP contribution in [0.1, 0.15) is 56.2 Å². The van der Waals surface area contributed by atoms with Gasteiger partial charge in [0.1, 0.15) is 0 Å². The fourth-order valence-electron chi connectivity index (χ4n) is 6.69. The fraction of sp³-hybridized carbons (Fsp3) is 0.154. The molecule has 196 valence electrons. The summed E-state index contributed by atoms with van der Waals surface area (Å²) in [7, 11) is 0. The molecule has 2 heterocycles. The van der Waals surface area contributed by atoms with Gasteiger partial charge in [-0.25, -0.2) is 0 Å². The Kier molecular flexibility index (Phi) is 5.01. The van der Waals surface area contributed by atoms with Crippen LogP contribution in [0.4, 0.5) is 0 Å². The van der Waals surface area contributed by atoms with Gasteiger partial charge in [-0.2, -0.15) is 5.26 Å². The van der Waals surface area contributed by atoms with Crippen molar-refractivity contribution in [1.82, 2.24) is 4.40 Å². The number of hydrogen-bond donors (Lipinski definition) is 0. The number of benzene rings is 6. The van der Waals surface area contributed by atoms with Crippen molar-refractivity contribution < 1.29 is 0 Å². The summed E-state index contributed by atoms with van der Waals surface area (Å²) < 4.78 is 2.49. The lowest BCUT2D eigenvalue weighted by Gasteiger charge is -2.09. The van der Waals surface area contributed by atoms with Crippen LogP contribution >= 0.6 is 0 Å². The number of rotatable bonds is 3. The van der Waals surface area contributed by atoms with E-state index in [1.807, 2.05) is 12.1 Å². The van der Waals surface area contributed by atoms with Crippen molar-refractivity contribution in [1.29, 1.82) is 5.26 Å². The van der Waals surface area contributed by atoms with E-state index < -0.39 is 0 Å². The minimum absolute atomic E-state index is 0.487. The Morgan fingerprint density at radius 3 is 1.49 bits per heavy atom. The molecule has 0 bridgehead atoms. The van der Waals surface area contributed by atoms with Gasteiger partial charge in [0.25, 0.3) is 0 Å². The number of hydrogen-bond acceptors (Lipinski definition) is 1. The molecule has 0 spiro atoms. The van der Waals surface area contributed by atoms with Gasteiger partial charge in [-0.1, -0.05) is 76.2 Å². The smallest absolute Gasteiger partial charge is 0.0991 e. The molecular formula is C39H30N2. The zero-order valence-electron chi connectivity index (χ0n) is 23.8. The lowest BCUT2D eigenvalue weighted by Crippen LogP contribution is -1.88. The molecule has 0 aliphatic carbocycles. The van der Waals surface area contributed by atoms with Crippen LogP contribution in [0.15, 0.2) is 97.1 Å². The van der Waals surface area contributed by atoms with Crippen molar-refractivity contribution >= 4 is 59.6 Å². The number of nitrogens with zero attached hydrogens (tertiary/aromatic N) is 2. The second-order valence-electron chi connectivity index (χ2n) is 12.2. The Bertz CT molecular complexity index is 2220. The van der Waals surface area contributed by atoms with E-state index in [2.05, 4.69) is 123 Å². The first kappa shape index (κ1) is 24.0. The first-order valence-electron chi connectivity index (χ1n) is 14.5. The maximum absolute atomic E-state index is 9.36. The van der Waals surface area contributed by atoms with Gasteiger partial charge in [0.2, 0.25) is 0 Å². The molecule has 0 fully saturated rings. The third-order valence-electron chi connectivity index (χ3n) is 9.03. The molecule has 41 heavy (non-hydrogen) atoms. The van der Waals surface area contributed by atoms with Crippen LogP contribution in [-0.4, -0.2) is 4.40 Å². The molecule has 0 amide bonds. The van der Waals surface area contributed by atoms with E-state index in [4.69, 9.17) is 0 Å². The molecular weight excluding hydrogens is 496 g/mol. The fourth-order valence-corrected chi connectivity index (χ4v) is 6.69. The third kappa shape index (κ3) is 3.49. The van der Waals surface area contributed by atoms with Gasteiger partial charge in [0, 0.05) is 21.5 Å². The highest BCUT2D eigenvalue weighted by molar-refractivity contribution is 6.27. The number of aromatic nitrogens is 1. The first-order valence-corrected chi connectivity index (χ1v) is 14.5. The van der Waals surface area contributed by atoms with E-state index in [1.54, 1.807) is 0 Å². The van der Waals surface area contributed by atoms with Gasteiger partial charge in [0.05, 0.1) is 28.2 Å². The predicted molar refractivity (Wildman–Crippen MR) is 174 cm³/mol. The van der Waals surface area contributed by atoms with Crippen LogP contribution in [-0.2, 0) is 0 Å². The summed E-state index contributed by atoms with van der Waals surface area (Å²) in [6.45, 7) is 9.02. The predicted octanol–water partition coefficient (Wildman–Crippen LogP) is 10.9. The number of nitriles is 1. The van der Waals surface area contributed by atoms with Crippen LogP contribution in [0.3, 0.4) is 0 Å². The lowest BCUT2D eigenvalue weighted by atomic mass is 9.95. The standard InChI is InChI=1S/C39H30N2/c1-22(2)26-9-11-28-19-37-33(15-30(28)13-26)35-17-32(25-7-5-24(21-40)6-8-25)18-36-34-16-31-14-27(23(3)4)10-12-29(31)20-38(34)41(37)39(35)36/h5-20,22-23H,1-4H3.